The van der Waals surface area contributed by atoms with Gasteiger partial charge in [0.2, 0.25) is 5.69 Å². The molecule has 0 N–H and O–H groups in total. The van der Waals surface area contributed by atoms with E-state index in [1.807, 2.05) is 13.8 Å². The summed E-state index contributed by atoms with van der Waals surface area (Å²) in [7, 11) is 2.10. The van der Waals surface area contributed by atoms with Crippen molar-refractivity contribution in [2.75, 3.05) is 0 Å². The van der Waals surface area contributed by atoms with E-state index in [0.717, 1.165) is 28.9 Å². The van der Waals surface area contributed by atoms with Crippen molar-refractivity contribution in [3.8, 4) is 22.4 Å². The molecule has 0 aliphatic heterocycles. The van der Waals surface area contributed by atoms with E-state index in [-0.39, 0.29) is 0 Å². The third-order valence-corrected chi connectivity index (χ3v) is 8.87. The van der Waals surface area contributed by atoms with Crippen molar-refractivity contribution in [1.29, 1.82) is 0 Å². The zero-order chi connectivity index (χ0) is 25.0. The maximum Gasteiger partial charge on any atom is 0.213 e. The van der Waals surface area contributed by atoms with Crippen molar-refractivity contribution in [1.82, 2.24) is 0 Å². The van der Waals surface area contributed by atoms with Crippen LogP contribution in [-0.2, 0) is 7.05 Å². The fourth-order valence-corrected chi connectivity index (χ4v) is 6.93. The highest BCUT2D eigenvalue weighted by Crippen LogP contribution is 2.50. The number of rotatable bonds is 4. The average Bonchev–Trinajstić information content (AvgIpc) is 3.46. The lowest BCUT2D eigenvalue weighted by atomic mass is 9.89. The number of hydrogen-bond acceptors (Lipinski definition) is 0. The molecule has 178 valence electrons. The van der Waals surface area contributed by atoms with Gasteiger partial charge >= 0.3 is 0 Å². The second-order valence-corrected chi connectivity index (χ2v) is 11.4. The van der Waals surface area contributed by atoms with Crippen molar-refractivity contribution in [2.24, 2.45) is 18.9 Å². The van der Waals surface area contributed by atoms with Crippen molar-refractivity contribution >= 4 is 10.8 Å². The lowest BCUT2D eigenvalue weighted by molar-refractivity contribution is -0.660. The summed E-state index contributed by atoms with van der Waals surface area (Å²) in [6, 6.07) is 24.9. The number of fused-ring (bicyclic) bond motifs is 2. The van der Waals surface area contributed by atoms with Crippen molar-refractivity contribution < 1.29 is 5.94 Å². The van der Waals surface area contributed by atoms with E-state index in [1.165, 1.54) is 70.8 Å². The fourth-order valence-electron chi connectivity index (χ4n) is 6.93. The van der Waals surface area contributed by atoms with Crippen LogP contribution in [0.1, 0.15) is 75.8 Å². The second-order valence-electron chi connectivity index (χ2n) is 11.4. The maximum absolute atomic E-state index is 8.90. The number of aromatic nitrogens is 1. The van der Waals surface area contributed by atoms with Gasteiger partial charge in [0.05, 0.1) is 0 Å². The largest absolute Gasteiger partial charge is 0.213 e. The van der Waals surface area contributed by atoms with Crippen LogP contribution in [0.2, 0.25) is 0 Å². The molecule has 1 heteroatoms. The molecule has 2 fully saturated rings. The molecule has 3 aromatic carbocycles. The first-order valence-electron chi connectivity index (χ1n) is 13.9. The van der Waals surface area contributed by atoms with Crippen LogP contribution in [0.15, 0.2) is 72.9 Å². The fraction of sp³-hybridized carbons (Fsp3) is 0.382. The van der Waals surface area contributed by atoms with Crippen LogP contribution in [0.25, 0.3) is 33.2 Å². The zero-order valence-electron chi connectivity index (χ0n) is 22.6. The van der Waals surface area contributed by atoms with Gasteiger partial charge in [-0.05, 0) is 88.6 Å². The van der Waals surface area contributed by atoms with Gasteiger partial charge in [-0.15, -0.1) is 0 Å². The summed E-state index contributed by atoms with van der Waals surface area (Å²) >= 11 is 0. The first-order valence-corrected chi connectivity index (χ1v) is 13.4. The summed E-state index contributed by atoms with van der Waals surface area (Å²) in [5.41, 5.74) is 8.61. The average molecular weight is 462 g/mol. The summed E-state index contributed by atoms with van der Waals surface area (Å²) in [5.74, 6) is 1.99. The molecule has 2 saturated carbocycles. The Labute approximate surface area is 212 Å². The summed E-state index contributed by atoms with van der Waals surface area (Å²) in [5, 5.41) is 2.62. The minimum absolute atomic E-state index is 0.698. The van der Waals surface area contributed by atoms with Gasteiger partial charge in [0.15, 0.2) is 6.20 Å². The quantitative estimate of drug-likeness (QED) is 0.268. The molecule has 0 bridgehead atoms. The Morgan fingerprint density at radius 1 is 0.857 bits per heavy atom. The Morgan fingerprint density at radius 3 is 2.31 bits per heavy atom. The van der Waals surface area contributed by atoms with Crippen LogP contribution in [0.4, 0.5) is 0 Å². The van der Waals surface area contributed by atoms with Gasteiger partial charge < -0.3 is 0 Å². The normalized spacial score (nSPS) is 22.4. The van der Waals surface area contributed by atoms with Crippen molar-refractivity contribution in [3.63, 3.8) is 0 Å². The van der Waals surface area contributed by atoms with Crippen LogP contribution < -0.4 is 4.57 Å². The number of benzene rings is 3. The lowest BCUT2D eigenvalue weighted by Gasteiger charge is -2.16. The van der Waals surface area contributed by atoms with Gasteiger partial charge in [-0.3, -0.25) is 0 Å². The summed E-state index contributed by atoms with van der Waals surface area (Å²) in [6.45, 7) is 6.15. The minimum atomic E-state index is -0.698. The first-order chi connectivity index (χ1) is 17.3. The summed E-state index contributed by atoms with van der Waals surface area (Å²) < 4.78 is 11.1. The highest BCUT2D eigenvalue weighted by Gasteiger charge is 2.37. The smallest absolute Gasteiger partial charge is 0.201 e. The van der Waals surface area contributed by atoms with E-state index in [2.05, 4.69) is 91.5 Å². The molecule has 0 saturated heterocycles. The molecule has 0 spiro atoms. The monoisotopic (exact) mass is 461 g/mol. The van der Waals surface area contributed by atoms with Crippen molar-refractivity contribution in [3.05, 3.63) is 89.6 Å². The minimum Gasteiger partial charge on any atom is -0.201 e. The standard InChI is InChI=1S/C34H38N/c1-22(2)33-21-35(4)34(31-11-6-5-8-23(31)3)20-32(33)29-15-14-26-16-28(13-12-27(26)17-29)30-18-24-9-7-10-25(24)19-30/h5-6,8,11-17,20-22,24-25,30H,7,9-10,18-19H2,1-4H3/q+1/i22D. The molecule has 2 aliphatic carbocycles. The van der Waals surface area contributed by atoms with Crippen LogP contribution >= 0.6 is 0 Å². The molecule has 4 aromatic rings. The first kappa shape index (κ1) is 21.4. The highest BCUT2D eigenvalue weighted by molar-refractivity contribution is 5.89. The van der Waals surface area contributed by atoms with E-state index in [4.69, 9.17) is 1.37 Å². The number of hydrogen-bond donors (Lipinski definition) is 0. The van der Waals surface area contributed by atoms with E-state index in [9.17, 15) is 0 Å². The number of aryl methyl sites for hydroxylation is 2. The predicted molar refractivity (Wildman–Crippen MR) is 148 cm³/mol. The predicted octanol–water partition coefficient (Wildman–Crippen LogP) is 8.72. The van der Waals surface area contributed by atoms with E-state index < -0.39 is 5.89 Å². The Morgan fingerprint density at radius 2 is 1.57 bits per heavy atom. The topological polar surface area (TPSA) is 3.88 Å². The third kappa shape index (κ3) is 4.10. The van der Waals surface area contributed by atoms with Gasteiger partial charge in [-0.2, -0.15) is 0 Å². The van der Waals surface area contributed by atoms with Gasteiger partial charge in [0.1, 0.15) is 7.05 Å². The molecule has 1 heterocycles. The Hall–Kier alpha value is -2.93. The highest BCUT2D eigenvalue weighted by atomic mass is 14.9. The van der Waals surface area contributed by atoms with E-state index >= 15 is 0 Å². The van der Waals surface area contributed by atoms with E-state index in [1.54, 1.807) is 0 Å². The van der Waals surface area contributed by atoms with Gasteiger partial charge in [0.25, 0.3) is 0 Å². The molecule has 2 unspecified atom stereocenters. The van der Waals surface area contributed by atoms with Crippen LogP contribution in [0.3, 0.4) is 0 Å². The van der Waals surface area contributed by atoms with Crippen LogP contribution in [0.5, 0.6) is 0 Å². The lowest BCUT2D eigenvalue weighted by Crippen LogP contribution is -2.32. The van der Waals surface area contributed by atoms with Gasteiger partial charge in [-0.1, -0.05) is 81.6 Å². The molecule has 1 nitrogen and oxygen atoms in total. The molecule has 6 rings (SSSR count). The molecule has 2 atom stereocenters. The third-order valence-electron chi connectivity index (χ3n) is 8.87. The number of pyridine rings is 1. The molecular formula is C34H38N+. The zero-order valence-corrected chi connectivity index (χ0v) is 21.6. The Bertz CT molecular complexity index is 1430. The van der Waals surface area contributed by atoms with E-state index in [0.29, 0.717) is 0 Å². The number of nitrogens with zero attached hydrogens (tertiary/aromatic N) is 1. The van der Waals surface area contributed by atoms with Gasteiger partial charge in [-0.25, -0.2) is 4.57 Å². The SMILES string of the molecule is [2H]C(C)(C)c1c[n+](C)c(-c2ccccc2C)cc1-c1ccc2cc(C3CC4CCCC4C3)ccc2c1. The molecule has 2 aliphatic rings. The molecule has 0 radical (unpaired) electrons. The maximum atomic E-state index is 8.90. The molecule has 0 amide bonds. The molecule has 35 heavy (non-hydrogen) atoms. The second kappa shape index (κ2) is 8.94. The molecular weight excluding hydrogens is 422 g/mol. The Balaban J connectivity index is 1.42. The summed E-state index contributed by atoms with van der Waals surface area (Å²) in [4.78, 5) is 0. The van der Waals surface area contributed by atoms with Crippen LogP contribution in [0, 0.1) is 18.8 Å². The van der Waals surface area contributed by atoms with Crippen LogP contribution in [-0.4, -0.2) is 0 Å². The summed E-state index contributed by atoms with van der Waals surface area (Å²) in [6.07, 6.45) is 9.28. The Kier molecular flexibility index (Phi) is 5.45. The van der Waals surface area contributed by atoms with Crippen molar-refractivity contribution in [2.45, 2.75) is 64.7 Å². The molecule has 1 aromatic heterocycles. The van der Waals surface area contributed by atoms with Gasteiger partial charge in [0, 0.05) is 18.6 Å².